The molecule has 1 saturated carbocycles. The lowest BCUT2D eigenvalue weighted by Gasteiger charge is -1.85. The van der Waals surface area contributed by atoms with Gasteiger partial charge < -0.3 is 0 Å². The van der Waals surface area contributed by atoms with Crippen LogP contribution in [0.2, 0.25) is 0 Å². The fraction of sp³-hybridized carbons (Fsp3) is 1.00. The van der Waals surface area contributed by atoms with Gasteiger partial charge >= 0.3 is 0 Å². The van der Waals surface area contributed by atoms with Crippen molar-refractivity contribution in [1.29, 1.82) is 0 Å². The van der Waals surface area contributed by atoms with E-state index in [9.17, 15) is 0 Å². The van der Waals surface area contributed by atoms with Gasteiger partial charge in [-0.1, -0.05) is 6.92 Å². The first-order valence-corrected chi connectivity index (χ1v) is 2.76. The normalized spacial score (nSPS) is 39.5. The van der Waals surface area contributed by atoms with E-state index in [1.165, 1.54) is 0 Å². The fourth-order valence-corrected chi connectivity index (χ4v) is 0.812. The molecule has 0 spiro atoms. The molecule has 36 valence electrons. The maximum absolute atomic E-state index is 5.56. The van der Waals surface area contributed by atoms with Gasteiger partial charge in [0.2, 0.25) is 0 Å². The standard InChI is InChI=1S/C4H6Cl2/c1-3-2-4(3,5)6/h3H,2H2,1H3/t3-/m0/s1. The van der Waals surface area contributed by atoms with Crippen molar-refractivity contribution in [3.05, 3.63) is 0 Å². The van der Waals surface area contributed by atoms with E-state index in [0.29, 0.717) is 5.92 Å². The van der Waals surface area contributed by atoms with E-state index >= 15 is 0 Å². The summed E-state index contributed by atoms with van der Waals surface area (Å²) < 4.78 is -0.347. The van der Waals surface area contributed by atoms with Gasteiger partial charge in [0.05, 0.1) is 0 Å². The van der Waals surface area contributed by atoms with Crippen LogP contribution in [0.25, 0.3) is 0 Å². The minimum Gasteiger partial charge on any atom is -0.101 e. The van der Waals surface area contributed by atoms with Crippen molar-refractivity contribution in [2.45, 2.75) is 17.7 Å². The van der Waals surface area contributed by atoms with Crippen molar-refractivity contribution >= 4 is 23.2 Å². The highest BCUT2D eigenvalue weighted by atomic mass is 35.5. The Labute approximate surface area is 47.4 Å². The van der Waals surface area contributed by atoms with Crippen molar-refractivity contribution in [3.8, 4) is 0 Å². The molecule has 0 amide bonds. The van der Waals surface area contributed by atoms with Crippen LogP contribution in [0.1, 0.15) is 13.3 Å². The lowest BCUT2D eigenvalue weighted by molar-refractivity contribution is 0.963. The highest BCUT2D eigenvalue weighted by Crippen LogP contribution is 2.52. The number of hydrogen-bond donors (Lipinski definition) is 0. The van der Waals surface area contributed by atoms with Gasteiger partial charge in [-0.3, -0.25) is 0 Å². The monoisotopic (exact) mass is 124 g/mol. The third kappa shape index (κ3) is 0.640. The molecule has 0 heterocycles. The summed E-state index contributed by atoms with van der Waals surface area (Å²) in [5.74, 6) is 0.529. The Kier molecular flexibility index (Phi) is 0.825. The number of rotatable bonds is 0. The highest BCUT2D eigenvalue weighted by molar-refractivity contribution is 6.50. The molecule has 1 fully saturated rings. The summed E-state index contributed by atoms with van der Waals surface area (Å²) in [5.41, 5.74) is 0. The van der Waals surface area contributed by atoms with Gasteiger partial charge in [-0.25, -0.2) is 0 Å². The summed E-state index contributed by atoms with van der Waals surface area (Å²) >= 11 is 11.1. The van der Waals surface area contributed by atoms with Crippen LogP contribution in [-0.2, 0) is 0 Å². The molecule has 6 heavy (non-hydrogen) atoms. The van der Waals surface area contributed by atoms with Crippen LogP contribution in [-0.4, -0.2) is 4.33 Å². The maximum Gasteiger partial charge on any atom is 0.121 e. The highest BCUT2D eigenvalue weighted by Gasteiger charge is 2.47. The summed E-state index contributed by atoms with van der Waals surface area (Å²) in [7, 11) is 0. The Hall–Kier alpha value is 0.580. The summed E-state index contributed by atoms with van der Waals surface area (Å²) in [4.78, 5) is 0. The quantitative estimate of drug-likeness (QED) is 0.435. The first kappa shape index (κ1) is 4.73. The molecule has 1 rings (SSSR count). The summed E-state index contributed by atoms with van der Waals surface area (Å²) in [6, 6.07) is 0. The fourth-order valence-electron chi connectivity index (χ4n) is 0.349. The lowest BCUT2D eigenvalue weighted by Crippen LogP contribution is -1.81. The second kappa shape index (κ2) is 1.05. The third-order valence-electron chi connectivity index (χ3n) is 1.14. The van der Waals surface area contributed by atoms with Crippen molar-refractivity contribution in [3.63, 3.8) is 0 Å². The minimum atomic E-state index is -0.347. The molecular formula is C4H6Cl2. The Bertz CT molecular complexity index is 67.9. The molecule has 1 aliphatic rings. The van der Waals surface area contributed by atoms with Gasteiger partial charge in [0.25, 0.3) is 0 Å². The second-order valence-corrected chi connectivity index (χ2v) is 3.41. The van der Waals surface area contributed by atoms with Crippen LogP contribution in [0.4, 0.5) is 0 Å². The van der Waals surface area contributed by atoms with E-state index < -0.39 is 0 Å². The van der Waals surface area contributed by atoms with E-state index in [4.69, 9.17) is 23.2 Å². The van der Waals surface area contributed by atoms with Crippen LogP contribution in [0.15, 0.2) is 0 Å². The van der Waals surface area contributed by atoms with E-state index in [1.807, 2.05) is 6.92 Å². The Balaban J connectivity index is 2.41. The maximum atomic E-state index is 5.56. The van der Waals surface area contributed by atoms with E-state index in [0.717, 1.165) is 6.42 Å². The molecule has 1 aliphatic carbocycles. The number of halogens is 2. The SMILES string of the molecule is C[C@H]1CC1(Cl)Cl. The molecule has 0 saturated heterocycles. The molecule has 0 radical (unpaired) electrons. The van der Waals surface area contributed by atoms with Crippen LogP contribution < -0.4 is 0 Å². The van der Waals surface area contributed by atoms with Crippen LogP contribution in [0.5, 0.6) is 0 Å². The summed E-state index contributed by atoms with van der Waals surface area (Å²) in [5, 5.41) is 0. The average Bonchev–Trinajstić information content (AvgIpc) is 1.73. The zero-order chi connectivity index (χ0) is 4.78. The second-order valence-electron chi connectivity index (χ2n) is 1.87. The van der Waals surface area contributed by atoms with Crippen LogP contribution >= 0.6 is 23.2 Å². The predicted octanol–water partition coefficient (Wildman–Crippen LogP) is 2.20. The van der Waals surface area contributed by atoms with Gasteiger partial charge in [-0.2, -0.15) is 0 Å². The largest absolute Gasteiger partial charge is 0.121 e. The summed E-state index contributed by atoms with van der Waals surface area (Å²) in [6.07, 6.45) is 0.968. The van der Waals surface area contributed by atoms with E-state index in [2.05, 4.69) is 0 Å². The Morgan fingerprint density at radius 3 is 1.83 bits per heavy atom. The number of alkyl halides is 2. The average molecular weight is 125 g/mol. The molecular weight excluding hydrogens is 119 g/mol. The lowest BCUT2D eigenvalue weighted by atomic mass is 10.5. The topological polar surface area (TPSA) is 0 Å². The van der Waals surface area contributed by atoms with E-state index in [1.54, 1.807) is 0 Å². The Morgan fingerprint density at radius 1 is 1.67 bits per heavy atom. The molecule has 2 heteroatoms. The summed E-state index contributed by atoms with van der Waals surface area (Å²) in [6.45, 7) is 2.04. The molecule has 0 aliphatic heterocycles. The van der Waals surface area contributed by atoms with Crippen molar-refractivity contribution in [2.75, 3.05) is 0 Å². The van der Waals surface area contributed by atoms with E-state index in [-0.39, 0.29) is 4.33 Å². The smallest absolute Gasteiger partial charge is 0.101 e. The third-order valence-corrected chi connectivity index (χ3v) is 2.19. The van der Waals surface area contributed by atoms with Crippen molar-refractivity contribution in [1.82, 2.24) is 0 Å². The molecule has 1 atom stereocenters. The Morgan fingerprint density at radius 2 is 1.83 bits per heavy atom. The van der Waals surface area contributed by atoms with Gasteiger partial charge in [0, 0.05) is 0 Å². The first-order valence-electron chi connectivity index (χ1n) is 2.01. The molecule has 0 aromatic rings. The van der Waals surface area contributed by atoms with Gasteiger partial charge in [0.1, 0.15) is 4.33 Å². The van der Waals surface area contributed by atoms with Gasteiger partial charge in [0.15, 0.2) is 0 Å². The van der Waals surface area contributed by atoms with Crippen LogP contribution in [0.3, 0.4) is 0 Å². The molecule has 0 unspecified atom stereocenters. The first-order chi connectivity index (χ1) is 2.63. The molecule has 0 aromatic carbocycles. The minimum absolute atomic E-state index is 0.347. The molecule has 0 nitrogen and oxygen atoms in total. The zero-order valence-corrected chi connectivity index (χ0v) is 5.05. The van der Waals surface area contributed by atoms with Crippen molar-refractivity contribution < 1.29 is 0 Å². The molecule has 0 N–H and O–H groups in total. The molecule has 0 bridgehead atoms. The zero-order valence-electron chi connectivity index (χ0n) is 3.54. The van der Waals surface area contributed by atoms with Gasteiger partial charge in [-0.15, -0.1) is 23.2 Å². The van der Waals surface area contributed by atoms with Crippen LogP contribution in [0, 0.1) is 5.92 Å². The molecule has 0 aromatic heterocycles. The van der Waals surface area contributed by atoms with Gasteiger partial charge in [-0.05, 0) is 12.3 Å². The predicted molar refractivity (Wildman–Crippen MR) is 28.2 cm³/mol. The number of hydrogen-bond acceptors (Lipinski definition) is 0. The van der Waals surface area contributed by atoms with Crippen molar-refractivity contribution in [2.24, 2.45) is 5.92 Å².